The lowest BCUT2D eigenvalue weighted by atomic mass is 10.1. The molecule has 5 amide bonds. The molecule has 11 nitrogen and oxygen atoms in total. The fraction of sp³-hybridized carbons (Fsp3) is 0.400. The Bertz CT molecular complexity index is 887. The Morgan fingerprint density at radius 3 is 2.36 bits per heavy atom. The van der Waals surface area contributed by atoms with Gasteiger partial charge in [0.15, 0.2) is 0 Å². The minimum Gasteiger partial charge on any atom is -0.753 e. The van der Waals surface area contributed by atoms with E-state index in [4.69, 9.17) is 0 Å². The molecule has 1 heterocycles. The second kappa shape index (κ2) is 7.85. The van der Waals surface area contributed by atoms with E-state index in [1.54, 1.807) is 23.8 Å². The number of carbonyl (C=O) groups is 3. The zero-order valence-corrected chi connectivity index (χ0v) is 17.2. The number of hydrogen-bond donors (Lipinski definition) is 3. The van der Waals surface area contributed by atoms with Gasteiger partial charge in [-0.1, -0.05) is 29.5 Å². The quantitative estimate of drug-likeness (QED) is 0.609. The molecule has 1 saturated heterocycles. The van der Waals surface area contributed by atoms with Crippen LogP contribution < -0.4 is 15.5 Å². The Morgan fingerprint density at radius 1 is 1.25 bits per heavy atom. The smallest absolute Gasteiger partial charge is 0.347 e. The molecule has 0 aromatic heterocycles. The van der Waals surface area contributed by atoms with Gasteiger partial charge in [-0.15, -0.1) is 0 Å². The molecule has 154 valence electrons. The van der Waals surface area contributed by atoms with Crippen LogP contribution in [-0.2, 0) is 10.0 Å². The van der Waals surface area contributed by atoms with Gasteiger partial charge in [-0.2, -0.15) is 0 Å². The second-order valence-electron chi connectivity index (χ2n) is 6.46. The molecule has 0 aliphatic carbocycles. The first-order valence-electron chi connectivity index (χ1n) is 7.99. The summed E-state index contributed by atoms with van der Waals surface area (Å²) in [6.45, 7) is 4.85. The molecule has 28 heavy (non-hydrogen) atoms. The van der Waals surface area contributed by atoms with Gasteiger partial charge >= 0.3 is 17.3 Å². The van der Waals surface area contributed by atoms with Gasteiger partial charge in [0.2, 0.25) is 0 Å². The summed E-state index contributed by atoms with van der Waals surface area (Å²) in [5.74, 6) is 0. The second-order valence-corrected chi connectivity index (χ2v) is 9.74. The zero-order valence-electron chi connectivity index (χ0n) is 15.5. The Kier molecular flexibility index (Phi) is 6.11. The number of hydrazine groups is 1. The number of benzene rings is 1. The predicted octanol–water partition coefficient (Wildman–Crippen LogP) is 1.31. The molecule has 0 unspecified atom stereocenters. The van der Waals surface area contributed by atoms with Gasteiger partial charge in [-0.3, -0.25) is 4.79 Å². The summed E-state index contributed by atoms with van der Waals surface area (Å²) >= 11 is 0.726. The number of urea groups is 2. The van der Waals surface area contributed by atoms with E-state index in [0.717, 1.165) is 17.3 Å². The highest BCUT2D eigenvalue weighted by Gasteiger charge is 2.49. The summed E-state index contributed by atoms with van der Waals surface area (Å²) in [5.41, 5.74) is 2.87. The van der Waals surface area contributed by atoms with Crippen molar-refractivity contribution >= 4 is 39.1 Å². The summed E-state index contributed by atoms with van der Waals surface area (Å²) < 4.78 is 25.3. The number of carbonyl (C=O) groups excluding carboxylic acids is 3. The number of sulfonamides is 1. The van der Waals surface area contributed by atoms with Crippen molar-refractivity contribution in [1.29, 1.82) is 0 Å². The van der Waals surface area contributed by atoms with Crippen molar-refractivity contribution in [2.24, 2.45) is 0 Å². The fourth-order valence-electron chi connectivity index (χ4n) is 2.48. The van der Waals surface area contributed by atoms with Crippen LogP contribution in [0.5, 0.6) is 0 Å². The van der Waals surface area contributed by atoms with Gasteiger partial charge in [0.25, 0.3) is 10.0 Å². The largest absolute Gasteiger partial charge is 0.753 e. The maximum absolute atomic E-state index is 12.3. The van der Waals surface area contributed by atoms with E-state index in [1.807, 2.05) is 5.43 Å². The van der Waals surface area contributed by atoms with Gasteiger partial charge in [0.05, 0.1) is 9.64 Å². The van der Waals surface area contributed by atoms with Crippen molar-refractivity contribution in [3.05, 3.63) is 35.0 Å². The van der Waals surface area contributed by atoms with Crippen LogP contribution in [0.2, 0.25) is 0 Å². The number of hydroxylamine groups is 2. The van der Waals surface area contributed by atoms with Crippen molar-refractivity contribution < 1.29 is 22.8 Å². The number of thioether (sulfide) groups is 1. The normalized spacial score (nSPS) is 18.5. The molecule has 0 radical (unpaired) electrons. The molecule has 2 rings (SSSR count). The zero-order chi connectivity index (χ0) is 21.3. The van der Waals surface area contributed by atoms with E-state index in [2.05, 4.69) is 5.32 Å². The molecule has 1 aromatic carbocycles. The molecule has 3 N–H and O–H groups in total. The van der Waals surface area contributed by atoms with Crippen molar-refractivity contribution in [3.63, 3.8) is 0 Å². The van der Waals surface area contributed by atoms with Crippen LogP contribution in [-0.4, -0.2) is 53.8 Å². The summed E-state index contributed by atoms with van der Waals surface area (Å²) in [7, 11) is -2.96. The van der Waals surface area contributed by atoms with Crippen LogP contribution in [0.15, 0.2) is 29.2 Å². The SMILES string of the molecule is CNC(=O)N([O-])[C@@H]1N(NC(=O)NS(=O)(=O)c2ccc(C)cc2)C(=O)SC1(C)C. The first-order chi connectivity index (χ1) is 12.9. The molecule has 0 spiro atoms. The van der Waals surface area contributed by atoms with Crippen LogP contribution in [0.3, 0.4) is 0 Å². The Balaban J connectivity index is 2.19. The highest BCUT2D eigenvalue weighted by molar-refractivity contribution is 8.15. The Labute approximate surface area is 166 Å². The van der Waals surface area contributed by atoms with Gasteiger partial charge in [-0.25, -0.2) is 33.2 Å². The number of nitrogens with one attached hydrogen (secondary N) is 3. The Hall–Kier alpha value is -2.51. The monoisotopic (exact) mass is 430 g/mol. The van der Waals surface area contributed by atoms with E-state index >= 15 is 0 Å². The maximum Gasteiger partial charge on any atom is 0.347 e. The van der Waals surface area contributed by atoms with Crippen LogP contribution in [0.4, 0.5) is 14.4 Å². The predicted molar refractivity (Wildman–Crippen MR) is 102 cm³/mol. The first-order valence-corrected chi connectivity index (χ1v) is 10.3. The lowest BCUT2D eigenvalue weighted by Crippen LogP contribution is -2.61. The van der Waals surface area contributed by atoms with E-state index < -0.39 is 38.2 Å². The highest BCUT2D eigenvalue weighted by atomic mass is 32.2. The van der Waals surface area contributed by atoms with Crippen molar-refractivity contribution in [3.8, 4) is 0 Å². The van der Waals surface area contributed by atoms with E-state index in [9.17, 15) is 28.0 Å². The summed E-state index contributed by atoms with van der Waals surface area (Å²) in [6, 6.07) is 3.49. The van der Waals surface area contributed by atoms with Crippen molar-refractivity contribution in [2.75, 3.05) is 7.05 Å². The molecule has 1 atom stereocenters. The lowest BCUT2D eigenvalue weighted by Gasteiger charge is -2.43. The molecule has 1 aliphatic heterocycles. The molecule has 1 fully saturated rings. The van der Waals surface area contributed by atoms with Crippen LogP contribution in [0.1, 0.15) is 19.4 Å². The topological polar surface area (TPSA) is 151 Å². The number of amides is 5. The molecule has 1 aliphatic rings. The number of aryl methyl sites for hydroxylation is 1. The summed E-state index contributed by atoms with van der Waals surface area (Å²) in [5, 5.41) is 14.3. The standard InChI is InChI=1S/C15H20N5O6S2/c1-9-5-7-10(8-6-9)28(25,26)18-12(21)17-19-11(20(24)13(22)16-4)15(2,3)27-14(19)23/h5-8,11H,1-4H3,(H,16,22)(H2,17,18,21)/q-1/t11-/m0/s1. The van der Waals surface area contributed by atoms with E-state index in [-0.39, 0.29) is 9.96 Å². The van der Waals surface area contributed by atoms with Gasteiger partial charge in [-0.05, 0) is 32.9 Å². The van der Waals surface area contributed by atoms with Gasteiger partial charge in [0, 0.05) is 7.05 Å². The Morgan fingerprint density at radius 2 is 1.82 bits per heavy atom. The number of rotatable bonds is 4. The minimum atomic E-state index is -4.20. The number of hydrogen-bond acceptors (Lipinski definition) is 7. The third kappa shape index (κ3) is 4.48. The minimum absolute atomic E-state index is 0.00660. The maximum atomic E-state index is 12.3. The molecule has 0 saturated carbocycles. The third-order valence-electron chi connectivity index (χ3n) is 3.83. The lowest BCUT2D eigenvalue weighted by molar-refractivity contribution is 0.0879. The molecule has 1 aromatic rings. The van der Waals surface area contributed by atoms with Crippen molar-refractivity contribution in [2.45, 2.75) is 36.6 Å². The molecular formula is C15H20N5O6S2-. The molecular weight excluding hydrogens is 410 g/mol. The summed E-state index contributed by atoms with van der Waals surface area (Å²) in [6.07, 6.45) is -1.39. The average molecular weight is 430 g/mol. The van der Waals surface area contributed by atoms with Crippen molar-refractivity contribution in [1.82, 2.24) is 25.5 Å². The van der Waals surface area contributed by atoms with Crippen LogP contribution in [0.25, 0.3) is 0 Å². The van der Waals surface area contributed by atoms with E-state index in [0.29, 0.717) is 5.01 Å². The first kappa shape index (κ1) is 21.8. The average Bonchev–Trinajstić information content (AvgIpc) is 2.81. The fourth-order valence-corrected chi connectivity index (χ4v) is 4.39. The van der Waals surface area contributed by atoms with Crippen LogP contribution >= 0.6 is 11.8 Å². The highest BCUT2D eigenvalue weighted by Crippen LogP contribution is 2.41. The van der Waals surface area contributed by atoms with Gasteiger partial charge in [0.1, 0.15) is 6.17 Å². The van der Waals surface area contributed by atoms with Crippen LogP contribution in [0, 0.1) is 12.1 Å². The third-order valence-corrected chi connectivity index (χ3v) is 6.29. The number of nitrogens with zero attached hydrogens (tertiary/aromatic N) is 2. The van der Waals surface area contributed by atoms with E-state index in [1.165, 1.54) is 33.0 Å². The summed E-state index contributed by atoms with van der Waals surface area (Å²) in [4.78, 5) is 36.0. The molecule has 0 bridgehead atoms. The van der Waals surface area contributed by atoms with Gasteiger partial charge < -0.3 is 15.6 Å². The molecule has 13 heteroatoms.